The second-order valence-corrected chi connectivity index (χ2v) is 5.17. The molecule has 1 aromatic rings. The zero-order valence-corrected chi connectivity index (χ0v) is 11.8. The molecule has 1 aromatic heterocycles. The number of hydrogen-bond donors (Lipinski definition) is 2. The van der Waals surface area contributed by atoms with Crippen molar-refractivity contribution < 1.29 is 9.84 Å². The van der Waals surface area contributed by atoms with Gasteiger partial charge in [0.05, 0.1) is 18.8 Å². The van der Waals surface area contributed by atoms with Crippen LogP contribution >= 0.6 is 11.6 Å². The van der Waals surface area contributed by atoms with Crippen molar-refractivity contribution in [2.24, 2.45) is 0 Å². The van der Waals surface area contributed by atoms with Crippen LogP contribution in [0, 0.1) is 0 Å². The lowest BCUT2D eigenvalue weighted by atomic mass is 9.99. The summed E-state index contributed by atoms with van der Waals surface area (Å²) in [6.45, 7) is 2.59. The summed E-state index contributed by atoms with van der Waals surface area (Å²) >= 11 is 5.86. The Morgan fingerprint density at radius 2 is 2.05 bits per heavy atom. The average Bonchev–Trinajstić information content (AvgIpc) is 2.85. The topological polar surface area (TPSA) is 80.2 Å². The number of anilines is 1. The van der Waals surface area contributed by atoms with Gasteiger partial charge in [0.15, 0.2) is 0 Å². The third kappa shape index (κ3) is 3.67. The minimum Gasteiger partial charge on any atom is -0.463 e. The molecule has 0 saturated heterocycles. The van der Waals surface area contributed by atoms with Crippen molar-refractivity contribution in [2.75, 3.05) is 18.5 Å². The second-order valence-electron chi connectivity index (χ2n) is 4.83. The fourth-order valence-electron chi connectivity index (χ4n) is 2.26. The van der Waals surface area contributed by atoms with Gasteiger partial charge in [0.1, 0.15) is 0 Å². The van der Waals surface area contributed by atoms with Crippen molar-refractivity contribution in [2.45, 2.75) is 44.6 Å². The molecule has 0 atom stereocenters. The fraction of sp³-hybridized carbons (Fsp3) is 0.750. The molecule has 0 bridgehead atoms. The Morgan fingerprint density at radius 3 is 2.68 bits per heavy atom. The van der Waals surface area contributed by atoms with Crippen molar-refractivity contribution in [3.05, 3.63) is 5.28 Å². The first-order chi connectivity index (χ1) is 9.17. The molecule has 1 saturated carbocycles. The Hall–Kier alpha value is -1.14. The molecule has 0 radical (unpaired) electrons. The molecule has 1 aliphatic carbocycles. The number of nitrogens with zero attached hydrogens (tertiary/aromatic N) is 3. The highest BCUT2D eigenvalue weighted by atomic mass is 35.5. The maximum Gasteiger partial charge on any atom is 0.322 e. The minimum atomic E-state index is -0.341. The summed E-state index contributed by atoms with van der Waals surface area (Å²) in [5.74, 6) is 0.363. The molecule has 19 heavy (non-hydrogen) atoms. The predicted molar refractivity (Wildman–Crippen MR) is 72.5 cm³/mol. The summed E-state index contributed by atoms with van der Waals surface area (Å²) in [6.07, 6.45) is 4.85. The Morgan fingerprint density at radius 1 is 1.32 bits per heavy atom. The summed E-state index contributed by atoms with van der Waals surface area (Å²) in [4.78, 5) is 12.1. The number of aliphatic hydroxyl groups excluding tert-OH is 1. The van der Waals surface area contributed by atoms with Crippen LogP contribution in [0.5, 0.6) is 6.01 Å². The van der Waals surface area contributed by atoms with E-state index in [1.807, 2.05) is 6.92 Å². The molecule has 2 rings (SSSR count). The zero-order chi connectivity index (χ0) is 13.7. The van der Waals surface area contributed by atoms with E-state index in [4.69, 9.17) is 16.3 Å². The molecule has 1 fully saturated rings. The van der Waals surface area contributed by atoms with Crippen LogP contribution < -0.4 is 10.1 Å². The molecule has 2 N–H and O–H groups in total. The van der Waals surface area contributed by atoms with E-state index in [1.165, 1.54) is 0 Å². The van der Waals surface area contributed by atoms with E-state index in [9.17, 15) is 5.11 Å². The number of hydrogen-bond acceptors (Lipinski definition) is 6. The predicted octanol–water partition coefficient (Wildman–Crippen LogP) is 2.03. The Labute approximate surface area is 117 Å². The maximum atomic E-state index is 9.56. The lowest BCUT2D eigenvalue weighted by Gasteiger charge is -2.27. The highest BCUT2D eigenvalue weighted by Crippen LogP contribution is 2.32. The van der Waals surface area contributed by atoms with Crippen LogP contribution in [0.4, 0.5) is 5.95 Å². The smallest absolute Gasteiger partial charge is 0.322 e. The average molecular weight is 287 g/mol. The third-order valence-corrected chi connectivity index (χ3v) is 3.43. The van der Waals surface area contributed by atoms with Crippen molar-refractivity contribution >= 4 is 17.5 Å². The Balaban J connectivity index is 2.12. The van der Waals surface area contributed by atoms with E-state index in [0.717, 1.165) is 32.1 Å². The Kier molecular flexibility index (Phi) is 4.76. The van der Waals surface area contributed by atoms with Gasteiger partial charge in [-0.05, 0) is 30.9 Å². The number of nitrogens with one attached hydrogen (secondary N) is 1. The van der Waals surface area contributed by atoms with Crippen LogP contribution in [-0.2, 0) is 0 Å². The normalized spacial score (nSPS) is 17.4. The van der Waals surface area contributed by atoms with Gasteiger partial charge in [-0.2, -0.15) is 15.0 Å². The summed E-state index contributed by atoms with van der Waals surface area (Å²) < 4.78 is 5.36. The number of rotatable bonds is 6. The molecule has 7 heteroatoms. The highest BCUT2D eigenvalue weighted by Gasteiger charge is 2.34. The van der Waals surface area contributed by atoms with E-state index in [2.05, 4.69) is 20.3 Å². The third-order valence-electron chi connectivity index (χ3n) is 3.26. The van der Waals surface area contributed by atoms with E-state index in [1.54, 1.807) is 0 Å². The molecule has 106 valence electrons. The van der Waals surface area contributed by atoms with Crippen LogP contribution in [0.2, 0.25) is 5.28 Å². The van der Waals surface area contributed by atoms with Crippen molar-refractivity contribution in [3.63, 3.8) is 0 Å². The molecular formula is C12H19ClN4O2. The van der Waals surface area contributed by atoms with Gasteiger partial charge in [0, 0.05) is 0 Å². The van der Waals surface area contributed by atoms with Crippen molar-refractivity contribution in [1.82, 2.24) is 15.0 Å². The van der Waals surface area contributed by atoms with E-state index in [0.29, 0.717) is 12.6 Å². The monoisotopic (exact) mass is 286 g/mol. The minimum absolute atomic E-state index is 0.0570. The van der Waals surface area contributed by atoms with Gasteiger partial charge < -0.3 is 15.2 Å². The second kappa shape index (κ2) is 6.34. The lowest BCUT2D eigenvalue weighted by molar-refractivity contribution is 0.213. The van der Waals surface area contributed by atoms with Gasteiger partial charge in [-0.3, -0.25) is 0 Å². The van der Waals surface area contributed by atoms with Gasteiger partial charge in [-0.25, -0.2) is 0 Å². The van der Waals surface area contributed by atoms with Gasteiger partial charge in [0.2, 0.25) is 11.2 Å². The quantitative estimate of drug-likeness (QED) is 0.833. The van der Waals surface area contributed by atoms with E-state index >= 15 is 0 Å². The van der Waals surface area contributed by atoms with E-state index in [-0.39, 0.29) is 23.4 Å². The molecule has 1 heterocycles. The van der Waals surface area contributed by atoms with Crippen molar-refractivity contribution in [1.29, 1.82) is 0 Å². The summed E-state index contributed by atoms with van der Waals surface area (Å²) in [5, 5.41) is 12.8. The molecule has 0 aromatic carbocycles. The van der Waals surface area contributed by atoms with Crippen molar-refractivity contribution in [3.8, 4) is 6.01 Å². The number of aliphatic hydroxyl groups is 1. The molecule has 6 nitrogen and oxygen atoms in total. The molecule has 0 spiro atoms. The van der Waals surface area contributed by atoms with Gasteiger partial charge in [-0.15, -0.1) is 0 Å². The first-order valence-electron chi connectivity index (χ1n) is 6.61. The number of ether oxygens (including phenoxy) is 1. The SMILES string of the molecule is CCCOc1nc(Cl)nc(NC2(CO)CCCC2)n1. The first-order valence-corrected chi connectivity index (χ1v) is 6.99. The van der Waals surface area contributed by atoms with Crippen LogP contribution in [-0.4, -0.2) is 38.8 Å². The van der Waals surface area contributed by atoms with Crippen LogP contribution in [0.1, 0.15) is 39.0 Å². The molecular weight excluding hydrogens is 268 g/mol. The van der Waals surface area contributed by atoms with Gasteiger partial charge >= 0.3 is 6.01 Å². The van der Waals surface area contributed by atoms with E-state index < -0.39 is 0 Å². The first kappa shape index (κ1) is 14.3. The molecule has 0 aliphatic heterocycles. The molecule has 0 amide bonds. The largest absolute Gasteiger partial charge is 0.463 e. The molecule has 1 aliphatic rings. The van der Waals surface area contributed by atoms with Crippen LogP contribution in [0.25, 0.3) is 0 Å². The summed E-state index contributed by atoms with van der Waals surface area (Å²) in [7, 11) is 0. The maximum absolute atomic E-state index is 9.56. The highest BCUT2D eigenvalue weighted by molar-refractivity contribution is 6.28. The summed E-state index contributed by atoms with van der Waals surface area (Å²) in [6, 6.07) is 0.218. The number of halogens is 1. The standard InChI is InChI=1S/C12H19ClN4O2/c1-2-7-19-11-15-9(13)14-10(16-11)17-12(8-18)5-3-4-6-12/h18H,2-8H2,1H3,(H,14,15,16,17). The number of aromatic nitrogens is 3. The van der Waals surface area contributed by atoms with Crippen LogP contribution in [0.15, 0.2) is 0 Å². The van der Waals surface area contributed by atoms with Crippen LogP contribution in [0.3, 0.4) is 0 Å². The zero-order valence-electron chi connectivity index (χ0n) is 11.0. The van der Waals surface area contributed by atoms with Gasteiger partial charge in [-0.1, -0.05) is 19.8 Å². The summed E-state index contributed by atoms with van der Waals surface area (Å²) in [5.41, 5.74) is -0.341. The fourth-order valence-corrected chi connectivity index (χ4v) is 2.41. The lowest BCUT2D eigenvalue weighted by Crippen LogP contribution is -2.39. The molecule has 0 unspecified atom stereocenters. The Bertz CT molecular complexity index is 424. The van der Waals surface area contributed by atoms with Gasteiger partial charge in [0.25, 0.3) is 0 Å².